The Labute approximate surface area is 88.7 Å². The zero-order valence-electron chi connectivity index (χ0n) is 8.81. The van der Waals surface area contributed by atoms with Crippen molar-refractivity contribution in [2.24, 2.45) is 5.41 Å². The number of hydrogen-bond donors (Lipinski definition) is 4. The maximum Gasteiger partial charge on any atom is 0.330 e. The molecule has 0 heterocycles. The molecule has 0 saturated carbocycles. The molecule has 88 valence electrons. The molecule has 0 aromatic rings. The Balaban J connectivity index is 4.76. The van der Waals surface area contributed by atoms with Crippen LogP contribution in [0.2, 0.25) is 0 Å². The van der Waals surface area contributed by atoms with Gasteiger partial charge in [-0.3, -0.25) is 0 Å². The lowest BCUT2D eigenvalue weighted by Crippen LogP contribution is -2.29. The molecule has 0 aliphatic carbocycles. The lowest BCUT2D eigenvalue weighted by atomic mass is 9.83. The molecule has 0 fully saturated rings. The molecule has 0 amide bonds. The SMILES string of the molecule is CC(=CC(CO)(CO)CCCO)C(=O)O. The van der Waals surface area contributed by atoms with Crippen molar-refractivity contribution in [3.63, 3.8) is 0 Å². The number of aliphatic carboxylic acids is 1. The van der Waals surface area contributed by atoms with Crippen molar-refractivity contribution in [2.75, 3.05) is 19.8 Å². The number of hydrogen-bond acceptors (Lipinski definition) is 4. The van der Waals surface area contributed by atoms with E-state index in [1.54, 1.807) is 0 Å². The van der Waals surface area contributed by atoms with Crippen LogP contribution in [0.25, 0.3) is 0 Å². The van der Waals surface area contributed by atoms with Gasteiger partial charge in [0.1, 0.15) is 0 Å². The van der Waals surface area contributed by atoms with Gasteiger partial charge in [0.25, 0.3) is 0 Å². The number of carbonyl (C=O) groups is 1. The van der Waals surface area contributed by atoms with E-state index < -0.39 is 11.4 Å². The van der Waals surface area contributed by atoms with Gasteiger partial charge < -0.3 is 20.4 Å². The third kappa shape index (κ3) is 4.42. The van der Waals surface area contributed by atoms with Crippen molar-refractivity contribution in [3.8, 4) is 0 Å². The second-order valence-electron chi connectivity index (χ2n) is 3.64. The highest BCUT2D eigenvalue weighted by Gasteiger charge is 2.26. The van der Waals surface area contributed by atoms with Crippen LogP contribution in [0.15, 0.2) is 11.6 Å². The van der Waals surface area contributed by atoms with Crippen LogP contribution >= 0.6 is 0 Å². The van der Waals surface area contributed by atoms with Crippen LogP contribution in [0, 0.1) is 5.41 Å². The fourth-order valence-electron chi connectivity index (χ4n) is 1.32. The highest BCUT2D eigenvalue weighted by atomic mass is 16.4. The standard InChI is InChI=1S/C10H18O5/c1-8(9(14)15)5-10(6-12,7-13)3-2-4-11/h5,11-13H,2-4,6-7H2,1H3,(H,14,15). The van der Waals surface area contributed by atoms with Gasteiger partial charge in [-0.15, -0.1) is 0 Å². The summed E-state index contributed by atoms with van der Waals surface area (Å²) in [6, 6.07) is 0. The van der Waals surface area contributed by atoms with E-state index in [1.165, 1.54) is 13.0 Å². The first-order valence-electron chi connectivity index (χ1n) is 4.76. The highest BCUT2D eigenvalue weighted by Crippen LogP contribution is 2.26. The molecule has 5 nitrogen and oxygen atoms in total. The quantitative estimate of drug-likeness (QED) is 0.442. The summed E-state index contributed by atoms with van der Waals surface area (Å²) in [5.74, 6) is -1.08. The van der Waals surface area contributed by atoms with Gasteiger partial charge in [-0.2, -0.15) is 0 Å². The molecule has 0 spiro atoms. The molecule has 0 aliphatic heterocycles. The average molecular weight is 218 g/mol. The van der Waals surface area contributed by atoms with E-state index in [-0.39, 0.29) is 25.4 Å². The van der Waals surface area contributed by atoms with Crippen molar-refractivity contribution in [1.82, 2.24) is 0 Å². The van der Waals surface area contributed by atoms with E-state index in [0.717, 1.165) is 0 Å². The van der Waals surface area contributed by atoms with Crippen LogP contribution in [-0.2, 0) is 4.79 Å². The molecule has 0 aliphatic rings. The number of aliphatic hydroxyl groups excluding tert-OH is 3. The first kappa shape index (κ1) is 14.1. The molecule has 0 aromatic heterocycles. The summed E-state index contributed by atoms with van der Waals surface area (Å²) in [5, 5.41) is 35.7. The molecular formula is C10H18O5. The summed E-state index contributed by atoms with van der Waals surface area (Å²) < 4.78 is 0. The maximum atomic E-state index is 10.6. The van der Waals surface area contributed by atoms with E-state index in [2.05, 4.69) is 0 Å². The minimum Gasteiger partial charge on any atom is -0.478 e. The van der Waals surface area contributed by atoms with Crippen LogP contribution < -0.4 is 0 Å². The van der Waals surface area contributed by atoms with Crippen LogP contribution in [0.4, 0.5) is 0 Å². The molecule has 0 saturated heterocycles. The first-order valence-corrected chi connectivity index (χ1v) is 4.76. The van der Waals surface area contributed by atoms with Gasteiger partial charge in [0, 0.05) is 17.6 Å². The van der Waals surface area contributed by atoms with Gasteiger partial charge in [0.2, 0.25) is 0 Å². The van der Waals surface area contributed by atoms with Crippen molar-refractivity contribution in [2.45, 2.75) is 19.8 Å². The van der Waals surface area contributed by atoms with E-state index in [9.17, 15) is 4.79 Å². The lowest BCUT2D eigenvalue weighted by molar-refractivity contribution is -0.132. The van der Waals surface area contributed by atoms with Gasteiger partial charge in [0.15, 0.2) is 0 Å². The van der Waals surface area contributed by atoms with E-state index in [0.29, 0.717) is 12.8 Å². The van der Waals surface area contributed by atoms with Gasteiger partial charge in [-0.25, -0.2) is 4.79 Å². The Morgan fingerprint density at radius 3 is 2.13 bits per heavy atom. The summed E-state index contributed by atoms with van der Waals surface area (Å²) >= 11 is 0. The molecule has 15 heavy (non-hydrogen) atoms. The summed E-state index contributed by atoms with van der Waals surface area (Å²) in [6.07, 6.45) is 2.11. The number of carboxylic acids is 1. The van der Waals surface area contributed by atoms with Crippen molar-refractivity contribution >= 4 is 5.97 Å². The summed E-state index contributed by atoms with van der Waals surface area (Å²) in [5.41, 5.74) is -0.874. The zero-order chi connectivity index (χ0) is 11.9. The van der Waals surface area contributed by atoms with Crippen molar-refractivity contribution in [3.05, 3.63) is 11.6 Å². The van der Waals surface area contributed by atoms with E-state index in [1.807, 2.05) is 0 Å². The maximum absolute atomic E-state index is 10.6. The van der Waals surface area contributed by atoms with Crippen molar-refractivity contribution in [1.29, 1.82) is 0 Å². The minimum atomic E-state index is -1.08. The Morgan fingerprint density at radius 1 is 1.27 bits per heavy atom. The van der Waals surface area contributed by atoms with E-state index >= 15 is 0 Å². The average Bonchev–Trinajstić information content (AvgIpc) is 2.24. The third-order valence-corrected chi connectivity index (χ3v) is 2.32. The van der Waals surface area contributed by atoms with Crippen molar-refractivity contribution < 1.29 is 25.2 Å². The zero-order valence-corrected chi connectivity index (χ0v) is 8.81. The van der Waals surface area contributed by atoms with Crippen LogP contribution in [0.5, 0.6) is 0 Å². The van der Waals surface area contributed by atoms with E-state index in [4.69, 9.17) is 20.4 Å². The number of rotatable bonds is 7. The largest absolute Gasteiger partial charge is 0.478 e. The van der Waals surface area contributed by atoms with Gasteiger partial charge in [-0.05, 0) is 19.8 Å². The summed E-state index contributed by atoms with van der Waals surface area (Å²) in [7, 11) is 0. The number of carboxylic acid groups (broad SMARTS) is 1. The molecular weight excluding hydrogens is 200 g/mol. The summed E-state index contributed by atoms with van der Waals surface area (Å²) in [6.45, 7) is 0.672. The fourth-order valence-corrected chi connectivity index (χ4v) is 1.32. The Bertz CT molecular complexity index is 230. The molecule has 0 bridgehead atoms. The smallest absolute Gasteiger partial charge is 0.330 e. The molecule has 4 N–H and O–H groups in total. The predicted octanol–water partition coefficient (Wildman–Crippen LogP) is -0.239. The molecule has 0 atom stereocenters. The molecule has 0 rings (SSSR count). The minimum absolute atomic E-state index is 0.0539. The van der Waals surface area contributed by atoms with Gasteiger partial charge >= 0.3 is 5.97 Å². The van der Waals surface area contributed by atoms with Crippen LogP contribution in [-0.4, -0.2) is 46.2 Å². The van der Waals surface area contributed by atoms with Gasteiger partial charge in [-0.1, -0.05) is 6.08 Å². The van der Waals surface area contributed by atoms with Crippen LogP contribution in [0.1, 0.15) is 19.8 Å². The topological polar surface area (TPSA) is 98.0 Å². The molecule has 0 unspecified atom stereocenters. The monoisotopic (exact) mass is 218 g/mol. The van der Waals surface area contributed by atoms with Crippen LogP contribution in [0.3, 0.4) is 0 Å². The second kappa shape index (κ2) is 6.55. The summed E-state index contributed by atoms with van der Waals surface area (Å²) in [4.78, 5) is 10.6. The second-order valence-corrected chi connectivity index (χ2v) is 3.64. The third-order valence-electron chi connectivity index (χ3n) is 2.32. The van der Waals surface area contributed by atoms with Gasteiger partial charge in [0.05, 0.1) is 13.2 Å². The first-order chi connectivity index (χ1) is 7.01. The Hall–Kier alpha value is -0.910. The Kier molecular flexibility index (Phi) is 6.15. The highest BCUT2D eigenvalue weighted by molar-refractivity contribution is 5.85. The Morgan fingerprint density at radius 2 is 1.80 bits per heavy atom. The molecule has 5 heteroatoms. The molecule has 0 radical (unpaired) electrons. The lowest BCUT2D eigenvalue weighted by Gasteiger charge is -2.26. The normalized spacial score (nSPS) is 12.9. The predicted molar refractivity (Wildman–Crippen MR) is 54.3 cm³/mol. The fraction of sp³-hybridized carbons (Fsp3) is 0.700. The number of aliphatic hydroxyl groups is 3. The molecule has 0 aromatic carbocycles.